The third kappa shape index (κ3) is 5.36. The average Bonchev–Trinajstić information content (AvgIpc) is 2.64. The quantitative estimate of drug-likeness (QED) is 0.655. The molecule has 0 aliphatic rings. The van der Waals surface area contributed by atoms with E-state index in [-0.39, 0.29) is 12.5 Å². The molecular weight excluding hydrogens is 358 g/mol. The van der Waals surface area contributed by atoms with Crippen LogP contribution in [-0.2, 0) is 11.3 Å². The summed E-state index contributed by atoms with van der Waals surface area (Å²) in [6, 6.07) is 10.9. The molecule has 0 aliphatic carbocycles. The molecule has 0 aliphatic heterocycles. The molecule has 1 unspecified atom stereocenters. The molecule has 2 aromatic carbocycles. The Morgan fingerprint density at radius 2 is 1.92 bits per heavy atom. The molecule has 140 valence electrons. The monoisotopic (exact) mass is 379 g/mol. The van der Waals surface area contributed by atoms with Gasteiger partial charge in [0, 0.05) is 18.5 Å². The Labute approximate surface area is 157 Å². The number of ether oxygens (including phenoxy) is 2. The highest BCUT2D eigenvalue weighted by Crippen LogP contribution is 2.36. The van der Waals surface area contributed by atoms with Crippen molar-refractivity contribution < 1.29 is 24.5 Å². The van der Waals surface area contributed by atoms with E-state index >= 15 is 0 Å². The number of halogens is 1. The molecule has 0 fully saturated rings. The van der Waals surface area contributed by atoms with Crippen molar-refractivity contribution >= 4 is 17.5 Å². The Balaban J connectivity index is 2.45. The molecule has 2 aromatic rings. The van der Waals surface area contributed by atoms with Crippen molar-refractivity contribution in [3.8, 4) is 22.6 Å². The molecule has 0 bridgehead atoms. The van der Waals surface area contributed by atoms with Crippen LogP contribution in [0.15, 0.2) is 36.4 Å². The van der Waals surface area contributed by atoms with Crippen LogP contribution in [0.5, 0.6) is 11.5 Å². The minimum Gasteiger partial charge on any atom is -0.493 e. The summed E-state index contributed by atoms with van der Waals surface area (Å²) in [6.07, 6.45) is -0.988. The van der Waals surface area contributed by atoms with Crippen molar-refractivity contribution in [2.24, 2.45) is 0 Å². The second-order valence-electron chi connectivity index (χ2n) is 5.72. The molecular formula is C19H22ClNO5. The molecule has 7 heteroatoms. The summed E-state index contributed by atoms with van der Waals surface area (Å²) < 4.78 is 11.0. The summed E-state index contributed by atoms with van der Waals surface area (Å²) in [6.45, 7) is 1.31. The van der Waals surface area contributed by atoms with Crippen LogP contribution in [0.1, 0.15) is 12.5 Å². The van der Waals surface area contributed by atoms with Crippen LogP contribution in [0, 0.1) is 0 Å². The van der Waals surface area contributed by atoms with E-state index in [0.29, 0.717) is 23.1 Å². The lowest BCUT2D eigenvalue weighted by molar-refractivity contribution is -0.119. The average molecular weight is 380 g/mol. The van der Waals surface area contributed by atoms with Crippen LogP contribution in [0.2, 0.25) is 5.02 Å². The van der Waals surface area contributed by atoms with E-state index in [2.05, 4.69) is 5.32 Å². The number of nitrogens with one attached hydrogen (secondary N) is 1. The second-order valence-corrected chi connectivity index (χ2v) is 6.16. The molecule has 6 nitrogen and oxygen atoms in total. The highest BCUT2D eigenvalue weighted by Gasteiger charge is 2.15. The first-order valence-corrected chi connectivity index (χ1v) is 8.45. The maximum atomic E-state index is 11.3. The minimum absolute atomic E-state index is 0.0715. The summed E-state index contributed by atoms with van der Waals surface area (Å²) in [4.78, 5) is 11.3. The number of benzene rings is 2. The molecule has 0 saturated heterocycles. The normalized spacial score (nSPS) is 11.7. The van der Waals surface area contributed by atoms with Gasteiger partial charge in [-0.15, -0.1) is 0 Å². The number of hydrogen-bond acceptors (Lipinski definition) is 5. The number of rotatable bonds is 8. The topological polar surface area (TPSA) is 88.0 Å². The highest BCUT2D eigenvalue weighted by atomic mass is 35.5. The summed E-state index contributed by atoms with van der Waals surface area (Å²) >= 11 is 5.97. The third-order valence-electron chi connectivity index (χ3n) is 3.71. The Hall–Kier alpha value is -2.28. The van der Waals surface area contributed by atoms with Crippen molar-refractivity contribution in [2.45, 2.75) is 19.6 Å². The van der Waals surface area contributed by atoms with E-state index < -0.39 is 12.7 Å². The zero-order valence-corrected chi connectivity index (χ0v) is 15.4. The predicted molar refractivity (Wildman–Crippen MR) is 99.5 cm³/mol. The van der Waals surface area contributed by atoms with Crippen molar-refractivity contribution in [3.05, 3.63) is 47.0 Å². The van der Waals surface area contributed by atoms with Gasteiger partial charge < -0.3 is 25.0 Å². The number of methoxy groups -OCH3 is 1. The highest BCUT2D eigenvalue weighted by molar-refractivity contribution is 6.30. The largest absolute Gasteiger partial charge is 0.493 e. The van der Waals surface area contributed by atoms with E-state index in [1.807, 2.05) is 12.1 Å². The standard InChI is InChI=1S/C19H22ClNO5/c1-12(23)21-9-14-7-18(25-2)19(26-11-16(24)10-22)8-17(14)13-3-5-15(20)6-4-13/h3-8,16,22,24H,9-11H2,1-2H3,(H,21,23). The third-order valence-corrected chi connectivity index (χ3v) is 3.97. The Bertz CT molecular complexity index is 748. The van der Waals surface area contributed by atoms with E-state index in [9.17, 15) is 9.90 Å². The zero-order valence-electron chi connectivity index (χ0n) is 14.7. The first kappa shape index (κ1) is 20.0. The number of carbonyl (C=O) groups is 1. The van der Waals surface area contributed by atoms with Gasteiger partial charge in [0.15, 0.2) is 11.5 Å². The van der Waals surface area contributed by atoms with Crippen molar-refractivity contribution in [1.29, 1.82) is 0 Å². The Kier molecular flexibility index (Phi) is 7.26. The number of amides is 1. The summed E-state index contributed by atoms with van der Waals surface area (Å²) in [5, 5.41) is 21.9. The Morgan fingerprint density at radius 1 is 1.23 bits per heavy atom. The lowest BCUT2D eigenvalue weighted by Gasteiger charge is -2.18. The molecule has 26 heavy (non-hydrogen) atoms. The summed E-state index contributed by atoms with van der Waals surface area (Å²) in [7, 11) is 1.51. The van der Waals surface area contributed by atoms with Crippen molar-refractivity contribution in [2.75, 3.05) is 20.3 Å². The van der Waals surface area contributed by atoms with Crippen LogP contribution in [0.4, 0.5) is 0 Å². The second kappa shape index (κ2) is 9.43. The summed E-state index contributed by atoms with van der Waals surface area (Å²) in [5.41, 5.74) is 2.57. The zero-order chi connectivity index (χ0) is 19.1. The Morgan fingerprint density at radius 3 is 2.50 bits per heavy atom. The van der Waals surface area contributed by atoms with Gasteiger partial charge in [0.05, 0.1) is 13.7 Å². The van der Waals surface area contributed by atoms with E-state index in [1.165, 1.54) is 14.0 Å². The molecule has 0 saturated carbocycles. The number of aliphatic hydroxyl groups excluding tert-OH is 2. The molecule has 3 N–H and O–H groups in total. The van der Waals surface area contributed by atoms with Crippen LogP contribution < -0.4 is 14.8 Å². The molecule has 0 heterocycles. The van der Waals surface area contributed by atoms with Gasteiger partial charge >= 0.3 is 0 Å². The lowest BCUT2D eigenvalue weighted by Crippen LogP contribution is -2.22. The summed E-state index contributed by atoms with van der Waals surface area (Å²) in [5.74, 6) is 0.752. The molecule has 0 radical (unpaired) electrons. The van der Waals surface area contributed by atoms with Gasteiger partial charge in [-0.3, -0.25) is 4.79 Å². The van der Waals surface area contributed by atoms with Gasteiger partial charge in [0.2, 0.25) is 5.91 Å². The van der Waals surface area contributed by atoms with Crippen LogP contribution >= 0.6 is 11.6 Å². The predicted octanol–water partition coefficient (Wildman–Crippen LogP) is 2.38. The first-order chi connectivity index (χ1) is 12.4. The van der Waals surface area contributed by atoms with Gasteiger partial charge in [-0.1, -0.05) is 23.7 Å². The van der Waals surface area contributed by atoms with E-state index in [4.69, 9.17) is 26.2 Å². The van der Waals surface area contributed by atoms with Crippen molar-refractivity contribution in [1.82, 2.24) is 5.32 Å². The number of aliphatic hydroxyl groups is 2. The maximum Gasteiger partial charge on any atom is 0.217 e. The minimum atomic E-state index is -0.988. The number of carbonyl (C=O) groups excluding carboxylic acids is 1. The fourth-order valence-electron chi connectivity index (χ4n) is 2.38. The fourth-order valence-corrected chi connectivity index (χ4v) is 2.50. The van der Waals surface area contributed by atoms with Crippen LogP contribution in [0.3, 0.4) is 0 Å². The van der Waals surface area contributed by atoms with Gasteiger partial charge in [0.1, 0.15) is 12.7 Å². The molecule has 1 atom stereocenters. The fraction of sp³-hybridized carbons (Fsp3) is 0.316. The van der Waals surface area contributed by atoms with Gasteiger partial charge in [0.25, 0.3) is 0 Å². The van der Waals surface area contributed by atoms with Gasteiger partial charge in [-0.05, 0) is 41.0 Å². The van der Waals surface area contributed by atoms with Gasteiger partial charge in [-0.25, -0.2) is 0 Å². The lowest BCUT2D eigenvalue weighted by atomic mass is 9.98. The van der Waals surface area contributed by atoms with Crippen LogP contribution in [0.25, 0.3) is 11.1 Å². The first-order valence-electron chi connectivity index (χ1n) is 8.07. The SMILES string of the molecule is COc1cc(CNC(C)=O)c(-c2ccc(Cl)cc2)cc1OCC(O)CO. The molecule has 0 spiro atoms. The maximum absolute atomic E-state index is 11.3. The molecule has 2 rings (SSSR count). The van der Waals surface area contributed by atoms with Crippen molar-refractivity contribution in [3.63, 3.8) is 0 Å². The van der Waals surface area contributed by atoms with Crippen LogP contribution in [-0.4, -0.2) is 42.5 Å². The molecule has 0 aromatic heterocycles. The smallest absolute Gasteiger partial charge is 0.217 e. The van der Waals surface area contributed by atoms with Gasteiger partial charge in [-0.2, -0.15) is 0 Å². The number of hydrogen-bond donors (Lipinski definition) is 3. The molecule has 1 amide bonds. The van der Waals surface area contributed by atoms with E-state index in [1.54, 1.807) is 24.3 Å². The van der Waals surface area contributed by atoms with E-state index in [0.717, 1.165) is 16.7 Å².